The molecule has 0 N–H and O–H groups in total. The van der Waals surface area contributed by atoms with Gasteiger partial charge in [0.15, 0.2) is 0 Å². The van der Waals surface area contributed by atoms with E-state index in [1.807, 2.05) is 19.1 Å². The van der Waals surface area contributed by atoms with Gasteiger partial charge in [-0.2, -0.15) is 0 Å². The molecule has 0 amide bonds. The van der Waals surface area contributed by atoms with Gasteiger partial charge in [0, 0.05) is 12.6 Å². The maximum atomic E-state index is 6.28. The van der Waals surface area contributed by atoms with E-state index in [1.165, 1.54) is 19.3 Å². The SMILES string of the molecule is COc1ccc2nc(C(C)Cl)n(CC3CCC3)c2c1. The number of hydrogen-bond acceptors (Lipinski definition) is 2. The number of nitrogens with zero attached hydrogens (tertiary/aromatic N) is 2. The summed E-state index contributed by atoms with van der Waals surface area (Å²) in [7, 11) is 1.69. The van der Waals surface area contributed by atoms with Crippen molar-refractivity contribution in [2.45, 2.75) is 38.1 Å². The fourth-order valence-electron chi connectivity index (χ4n) is 2.68. The lowest BCUT2D eigenvalue weighted by Gasteiger charge is -2.27. The van der Waals surface area contributed by atoms with Gasteiger partial charge < -0.3 is 9.30 Å². The molecule has 3 nitrogen and oxygen atoms in total. The van der Waals surface area contributed by atoms with Crippen molar-refractivity contribution in [3.8, 4) is 5.75 Å². The number of benzene rings is 1. The van der Waals surface area contributed by atoms with Gasteiger partial charge in [-0.25, -0.2) is 4.98 Å². The molecule has 19 heavy (non-hydrogen) atoms. The number of fused-ring (bicyclic) bond motifs is 1. The molecule has 1 atom stereocenters. The molecule has 1 saturated carbocycles. The largest absolute Gasteiger partial charge is 0.497 e. The number of ether oxygens (including phenoxy) is 1. The molecule has 1 aliphatic carbocycles. The van der Waals surface area contributed by atoms with Crippen molar-refractivity contribution >= 4 is 22.6 Å². The predicted molar refractivity (Wildman–Crippen MR) is 77.9 cm³/mol. The van der Waals surface area contributed by atoms with E-state index in [-0.39, 0.29) is 5.38 Å². The third-order valence-electron chi connectivity index (χ3n) is 4.01. The molecule has 3 rings (SSSR count). The zero-order valence-corrected chi connectivity index (χ0v) is 12.2. The van der Waals surface area contributed by atoms with Crippen LogP contribution in [0.1, 0.15) is 37.4 Å². The van der Waals surface area contributed by atoms with Crippen molar-refractivity contribution in [3.05, 3.63) is 24.0 Å². The Morgan fingerprint density at radius 1 is 1.47 bits per heavy atom. The van der Waals surface area contributed by atoms with Crippen LogP contribution in [-0.2, 0) is 6.54 Å². The minimum atomic E-state index is -0.0709. The molecule has 1 fully saturated rings. The summed E-state index contributed by atoms with van der Waals surface area (Å²) < 4.78 is 7.60. The van der Waals surface area contributed by atoms with Crippen LogP contribution in [0.25, 0.3) is 11.0 Å². The Balaban J connectivity index is 2.08. The summed E-state index contributed by atoms with van der Waals surface area (Å²) >= 11 is 6.28. The van der Waals surface area contributed by atoms with E-state index < -0.39 is 0 Å². The summed E-state index contributed by atoms with van der Waals surface area (Å²) in [6.07, 6.45) is 3.99. The van der Waals surface area contributed by atoms with E-state index in [0.717, 1.165) is 35.1 Å². The normalized spacial score (nSPS) is 17.4. The molecular weight excluding hydrogens is 260 g/mol. The molecular formula is C15H19ClN2O. The average molecular weight is 279 g/mol. The molecule has 4 heteroatoms. The summed E-state index contributed by atoms with van der Waals surface area (Å²) in [5.74, 6) is 2.62. The molecule has 1 aromatic carbocycles. The van der Waals surface area contributed by atoms with Gasteiger partial charge in [-0.05, 0) is 37.8 Å². The van der Waals surface area contributed by atoms with E-state index in [4.69, 9.17) is 16.3 Å². The van der Waals surface area contributed by atoms with Crippen molar-refractivity contribution in [1.82, 2.24) is 9.55 Å². The molecule has 0 radical (unpaired) electrons. The predicted octanol–water partition coefficient (Wildman–Crippen LogP) is 4.14. The van der Waals surface area contributed by atoms with E-state index >= 15 is 0 Å². The summed E-state index contributed by atoms with van der Waals surface area (Å²) in [6, 6.07) is 6.02. The first-order valence-electron chi connectivity index (χ1n) is 6.87. The third kappa shape index (κ3) is 2.32. The first-order valence-corrected chi connectivity index (χ1v) is 7.31. The number of methoxy groups -OCH3 is 1. The monoisotopic (exact) mass is 278 g/mol. The summed E-state index contributed by atoms with van der Waals surface area (Å²) in [5.41, 5.74) is 2.14. The van der Waals surface area contributed by atoms with Crippen LogP contribution in [-0.4, -0.2) is 16.7 Å². The van der Waals surface area contributed by atoms with E-state index in [2.05, 4.69) is 15.6 Å². The molecule has 1 aromatic heterocycles. The van der Waals surface area contributed by atoms with Gasteiger partial charge in [0.2, 0.25) is 0 Å². The molecule has 0 aliphatic heterocycles. The van der Waals surface area contributed by atoms with Gasteiger partial charge in [-0.1, -0.05) is 6.42 Å². The van der Waals surface area contributed by atoms with Crippen LogP contribution in [0.15, 0.2) is 18.2 Å². The number of imidazole rings is 1. The molecule has 2 aromatic rings. The van der Waals surface area contributed by atoms with Crippen molar-refractivity contribution in [1.29, 1.82) is 0 Å². The van der Waals surface area contributed by atoms with E-state index in [9.17, 15) is 0 Å². The van der Waals surface area contributed by atoms with Crippen LogP contribution in [0, 0.1) is 5.92 Å². The number of aromatic nitrogens is 2. The second-order valence-corrected chi connectivity index (χ2v) is 6.00. The lowest BCUT2D eigenvalue weighted by molar-refractivity contribution is 0.276. The van der Waals surface area contributed by atoms with E-state index in [0.29, 0.717) is 0 Å². The van der Waals surface area contributed by atoms with Crippen molar-refractivity contribution in [3.63, 3.8) is 0 Å². The molecule has 1 aliphatic rings. The van der Waals surface area contributed by atoms with Gasteiger partial charge in [-0.3, -0.25) is 0 Å². The van der Waals surface area contributed by atoms with Gasteiger partial charge in [0.05, 0.1) is 23.5 Å². The number of halogens is 1. The second-order valence-electron chi connectivity index (χ2n) is 5.35. The Bertz CT molecular complexity index is 587. The van der Waals surface area contributed by atoms with E-state index in [1.54, 1.807) is 7.11 Å². The molecule has 1 unspecified atom stereocenters. The third-order valence-corrected chi connectivity index (χ3v) is 4.20. The Labute approximate surface area is 118 Å². The standard InChI is InChI=1S/C15H19ClN2O/c1-10(16)15-17-13-7-6-12(19-2)8-14(13)18(15)9-11-4-3-5-11/h6-8,10-11H,3-5,9H2,1-2H3. The minimum absolute atomic E-state index is 0.0709. The number of alkyl halides is 1. The average Bonchev–Trinajstić information content (AvgIpc) is 2.71. The summed E-state index contributed by atoms with van der Waals surface area (Å²) in [6.45, 7) is 3.01. The fourth-order valence-corrected chi connectivity index (χ4v) is 2.84. The van der Waals surface area contributed by atoms with Gasteiger partial charge in [-0.15, -0.1) is 11.6 Å². The van der Waals surface area contributed by atoms with Gasteiger partial charge in [0.1, 0.15) is 11.6 Å². The van der Waals surface area contributed by atoms with Gasteiger partial charge in [0.25, 0.3) is 0 Å². The second kappa shape index (κ2) is 5.04. The Morgan fingerprint density at radius 2 is 2.26 bits per heavy atom. The maximum absolute atomic E-state index is 6.28. The molecule has 0 saturated heterocycles. The molecule has 0 spiro atoms. The number of hydrogen-bond donors (Lipinski definition) is 0. The molecule has 1 heterocycles. The first-order chi connectivity index (χ1) is 9.19. The Kier molecular flexibility index (Phi) is 3.40. The fraction of sp³-hybridized carbons (Fsp3) is 0.533. The van der Waals surface area contributed by atoms with Crippen LogP contribution < -0.4 is 4.74 Å². The molecule has 102 valence electrons. The van der Waals surface area contributed by atoms with Crippen LogP contribution in [0.4, 0.5) is 0 Å². The highest BCUT2D eigenvalue weighted by Gasteiger charge is 2.22. The lowest BCUT2D eigenvalue weighted by atomic mass is 9.85. The maximum Gasteiger partial charge on any atom is 0.127 e. The summed E-state index contributed by atoms with van der Waals surface area (Å²) in [5, 5.41) is -0.0709. The lowest BCUT2D eigenvalue weighted by Crippen LogP contribution is -2.19. The highest BCUT2D eigenvalue weighted by molar-refractivity contribution is 6.20. The smallest absolute Gasteiger partial charge is 0.127 e. The van der Waals surface area contributed by atoms with Crippen molar-refractivity contribution in [2.24, 2.45) is 5.92 Å². The van der Waals surface area contributed by atoms with Crippen LogP contribution >= 0.6 is 11.6 Å². The Hall–Kier alpha value is -1.22. The highest BCUT2D eigenvalue weighted by Crippen LogP contribution is 2.33. The zero-order valence-electron chi connectivity index (χ0n) is 11.4. The first kappa shape index (κ1) is 12.8. The zero-order chi connectivity index (χ0) is 13.4. The van der Waals surface area contributed by atoms with Crippen LogP contribution in [0.3, 0.4) is 0 Å². The highest BCUT2D eigenvalue weighted by atomic mass is 35.5. The minimum Gasteiger partial charge on any atom is -0.497 e. The Morgan fingerprint density at radius 3 is 2.84 bits per heavy atom. The quantitative estimate of drug-likeness (QED) is 0.786. The molecule has 0 bridgehead atoms. The van der Waals surface area contributed by atoms with Crippen LogP contribution in [0.5, 0.6) is 5.75 Å². The van der Waals surface area contributed by atoms with Crippen molar-refractivity contribution < 1.29 is 4.74 Å². The summed E-state index contributed by atoms with van der Waals surface area (Å²) in [4.78, 5) is 4.67. The van der Waals surface area contributed by atoms with Crippen molar-refractivity contribution in [2.75, 3.05) is 7.11 Å². The van der Waals surface area contributed by atoms with Gasteiger partial charge >= 0.3 is 0 Å². The van der Waals surface area contributed by atoms with Crippen LogP contribution in [0.2, 0.25) is 0 Å². The topological polar surface area (TPSA) is 27.1 Å². The number of rotatable bonds is 4.